The number of rotatable bonds is 7. The molecule has 0 radical (unpaired) electrons. The van der Waals surface area contributed by atoms with Crippen LogP contribution < -0.4 is 5.32 Å². The lowest BCUT2D eigenvalue weighted by molar-refractivity contribution is 0.324. The molecule has 0 amide bonds. The minimum absolute atomic E-state index is 0.599. The molecule has 1 saturated carbocycles. The standard InChI is InChI=1S/C22H28ClN5/c1-2-20-26-19-15-25-22(24-14-17-10-6-7-11-18(17)23)27-21(19)28(20)13-12-16-8-4-3-5-9-16/h6-7,10-11,15-16H,2-5,8-9,12-14H2,1H3,(H,24,25,27). The molecule has 1 N–H and O–H groups in total. The zero-order chi connectivity index (χ0) is 19.3. The van der Waals surface area contributed by atoms with Gasteiger partial charge in [0.15, 0.2) is 5.65 Å². The van der Waals surface area contributed by atoms with Crippen LogP contribution in [0.25, 0.3) is 11.2 Å². The van der Waals surface area contributed by atoms with E-state index in [2.05, 4.69) is 21.8 Å². The van der Waals surface area contributed by atoms with E-state index in [9.17, 15) is 0 Å². The molecule has 5 nitrogen and oxygen atoms in total. The lowest BCUT2D eigenvalue weighted by Gasteiger charge is -2.22. The summed E-state index contributed by atoms with van der Waals surface area (Å²) in [7, 11) is 0. The van der Waals surface area contributed by atoms with E-state index in [1.807, 2.05) is 30.5 Å². The average Bonchev–Trinajstić information content (AvgIpc) is 3.09. The highest BCUT2D eigenvalue weighted by Crippen LogP contribution is 2.28. The Morgan fingerprint density at radius 2 is 1.96 bits per heavy atom. The maximum Gasteiger partial charge on any atom is 0.225 e. The molecule has 6 heteroatoms. The smallest absolute Gasteiger partial charge is 0.225 e. The first kappa shape index (κ1) is 19.2. The molecule has 0 spiro atoms. The highest BCUT2D eigenvalue weighted by molar-refractivity contribution is 6.31. The number of hydrogen-bond acceptors (Lipinski definition) is 4. The van der Waals surface area contributed by atoms with Crippen molar-refractivity contribution >= 4 is 28.7 Å². The van der Waals surface area contributed by atoms with Gasteiger partial charge in [-0.2, -0.15) is 4.98 Å². The Balaban J connectivity index is 1.52. The monoisotopic (exact) mass is 397 g/mol. The van der Waals surface area contributed by atoms with Crippen LogP contribution in [-0.4, -0.2) is 19.5 Å². The van der Waals surface area contributed by atoms with Gasteiger partial charge in [0, 0.05) is 24.5 Å². The summed E-state index contributed by atoms with van der Waals surface area (Å²) in [6, 6.07) is 7.83. The van der Waals surface area contributed by atoms with E-state index in [1.165, 1.54) is 38.5 Å². The predicted molar refractivity (Wildman–Crippen MR) is 115 cm³/mol. The molecule has 1 aromatic carbocycles. The summed E-state index contributed by atoms with van der Waals surface area (Å²) in [6.45, 7) is 3.75. The van der Waals surface area contributed by atoms with Crippen LogP contribution in [0.5, 0.6) is 0 Å². The Labute approximate surface area is 171 Å². The van der Waals surface area contributed by atoms with Gasteiger partial charge in [-0.15, -0.1) is 0 Å². The van der Waals surface area contributed by atoms with Gasteiger partial charge in [0.1, 0.15) is 11.3 Å². The first-order valence-electron chi connectivity index (χ1n) is 10.4. The van der Waals surface area contributed by atoms with Gasteiger partial charge in [-0.3, -0.25) is 0 Å². The van der Waals surface area contributed by atoms with Gasteiger partial charge < -0.3 is 9.88 Å². The second kappa shape index (κ2) is 8.91. The van der Waals surface area contributed by atoms with Crippen LogP contribution in [0.3, 0.4) is 0 Å². The van der Waals surface area contributed by atoms with E-state index < -0.39 is 0 Å². The van der Waals surface area contributed by atoms with Crippen molar-refractivity contribution in [3.63, 3.8) is 0 Å². The molecule has 28 heavy (non-hydrogen) atoms. The van der Waals surface area contributed by atoms with Crippen LogP contribution >= 0.6 is 11.6 Å². The molecule has 1 fully saturated rings. The number of halogens is 1. The van der Waals surface area contributed by atoms with Crippen LogP contribution in [0.4, 0.5) is 5.95 Å². The van der Waals surface area contributed by atoms with Crippen molar-refractivity contribution in [2.45, 2.75) is 65.0 Å². The van der Waals surface area contributed by atoms with E-state index in [0.29, 0.717) is 12.5 Å². The Hall–Kier alpha value is -2.14. The number of nitrogens with zero attached hydrogens (tertiary/aromatic N) is 4. The quantitative estimate of drug-likeness (QED) is 0.561. The Bertz CT molecular complexity index is 930. The Kier molecular flexibility index (Phi) is 6.10. The third-order valence-electron chi connectivity index (χ3n) is 5.76. The summed E-state index contributed by atoms with van der Waals surface area (Å²) in [5.74, 6) is 2.56. The van der Waals surface area contributed by atoms with Gasteiger partial charge >= 0.3 is 0 Å². The molecule has 2 heterocycles. The minimum Gasteiger partial charge on any atom is -0.350 e. The van der Waals surface area contributed by atoms with Gasteiger partial charge in [-0.1, -0.05) is 68.8 Å². The lowest BCUT2D eigenvalue weighted by Crippen LogP contribution is -2.12. The highest BCUT2D eigenvalue weighted by Gasteiger charge is 2.17. The molecule has 0 aliphatic heterocycles. The van der Waals surface area contributed by atoms with E-state index in [0.717, 1.165) is 46.5 Å². The van der Waals surface area contributed by atoms with Gasteiger partial charge in [-0.05, 0) is 24.0 Å². The molecule has 2 aromatic heterocycles. The first-order valence-corrected chi connectivity index (χ1v) is 10.8. The topological polar surface area (TPSA) is 55.6 Å². The number of aromatic nitrogens is 4. The number of anilines is 1. The molecule has 0 unspecified atom stereocenters. The molecule has 0 bridgehead atoms. The maximum atomic E-state index is 6.25. The van der Waals surface area contributed by atoms with Gasteiger partial charge in [0.05, 0.1) is 6.20 Å². The van der Waals surface area contributed by atoms with Crippen LogP contribution in [0, 0.1) is 5.92 Å². The normalized spacial score (nSPS) is 15.2. The van der Waals surface area contributed by atoms with Crippen molar-refractivity contribution in [1.82, 2.24) is 19.5 Å². The third-order valence-corrected chi connectivity index (χ3v) is 6.13. The zero-order valence-corrected chi connectivity index (χ0v) is 17.3. The SMILES string of the molecule is CCc1nc2cnc(NCc3ccccc3Cl)nc2n1CCC1CCCCC1. The summed E-state index contributed by atoms with van der Waals surface area (Å²) in [4.78, 5) is 14.0. The second-order valence-corrected chi connectivity index (χ2v) is 8.08. The molecule has 148 valence electrons. The van der Waals surface area contributed by atoms with Crippen LogP contribution in [0.15, 0.2) is 30.5 Å². The van der Waals surface area contributed by atoms with Crippen molar-refractivity contribution in [2.75, 3.05) is 5.32 Å². The summed E-state index contributed by atoms with van der Waals surface area (Å²) >= 11 is 6.25. The van der Waals surface area contributed by atoms with Crippen molar-refractivity contribution in [3.8, 4) is 0 Å². The second-order valence-electron chi connectivity index (χ2n) is 7.67. The van der Waals surface area contributed by atoms with E-state index in [4.69, 9.17) is 21.6 Å². The molecule has 3 aromatic rings. The average molecular weight is 398 g/mol. The Morgan fingerprint density at radius 3 is 2.75 bits per heavy atom. The number of fused-ring (bicyclic) bond motifs is 1. The van der Waals surface area contributed by atoms with E-state index >= 15 is 0 Å². The molecule has 1 aliphatic rings. The van der Waals surface area contributed by atoms with E-state index in [1.54, 1.807) is 0 Å². The fraction of sp³-hybridized carbons (Fsp3) is 0.500. The van der Waals surface area contributed by atoms with Crippen LogP contribution in [0.2, 0.25) is 5.02 Å². The first-order chi connectivity index (χ1) is 13.7. The third kappa shape index (κ3) is 4.30. The van der Waals surface area contributed by atoms with Crippen LogP contribution in [0.1, 0.15) is 56.8 Å². The van der Waals surface area contributed by atoms with Crippen LogP contribution in [-0.2, 0) is 19.5 Å². The molecule has 4 rings (SSSR count). The van der Waals surface area contributed by atoms with Crippen molar-refractivity contribution in [2.24, 2.45) is 5.92 Å². The molecular weight excluding hydrogens is 370 g/mol. The molecule has 1 aliphatic carbocycles. The fourth-order valence-corrected chi connectivity index (χ4v) is 4.36. The summed E-state index contributed by atoms with van der Waals surface area (Å²) in [5, 5.41) is 4.06. The largest absolute Gasteiger partial charge is 0.350 e. The van der Waals surface area contributed by atoms with Crippen molar-refractivity contribution in [3.05, 3.63) is 46.9 Å². The number of nitrogens with one attached hydrogen (secondary N) is 1. The maximum absolute atomic E-state index is 6.25. The minimum atomic E-state index is 0.599. The number of benzene rings is 1. The molecule has 0 saturated heterocycles. The Morgan fingerprint density at radius 1 is 1.14 bits per heavy atom. The number of aryl methyl sites for hydroxylation is 2. The van der Waals surface area contributed by atoms with E-state index in [-0.39, 0.29) is 0 Å². The lowest BCUT2D eigenvalue weighted by atomic mass is 9.87. The van der Waals surface area contributed by atoms with Crippen molar-refractivity contribution < 1.29 is 0 Å². The van der Waals surface area contributed by atoms with Gasteiger partial charge in [-0.25, -0.2) is 9.97 Å². The highest BCUT2D eigenvalue weighted by atomic mass is 35.5. The fourth-order valence-electron chi connectivity index (χ4n) is 4.16. The van der Waals surface area contributed by atoms with Gasteiger partial charge in [0.2, 0.25) is 5.95 Å². The predicted octanol–water partition coefficient (Wildman–Crippen LogP) is 5.62. The molecular formula is C22H28ClN5. The van der Waals surface area contributed by atoms with Gasteiger partial charge in [0.25, 0.3) is 0 Å². The molecule has 0 atom stereocenters. The van der Waals surface area contributed by atoms with Crippen molar-refractivity contribution in [1.29, 1.82) is 0 Å². The number of imidazole rings is 1. The number of hydrogen-bond donors (Lipinski definition) is 1. The summed E-state index contributed by atoms with van der Waals surface area (Å²) in [6.07, 6.45) is 10.9. The summed E-state index contributed by atoms with van der Waals surface area (Å²) in [5.41, 5.74) is 2.85. The zero-order valence-electron chi connectivity index (χ0n) is 16.5. The summed E-state index contributed by atoms with van der Waals surface area (Å²) < 4.78 is 2.30.